The molecule has 2 heterocycles. The summed E-state index contributed by atoms with van der Waals surface area (Å²) in [4.78, 5) is 3.90. The lowest BCUT2D eigenvalue weighted by Gasteiger charge is -2.31. The highest BCUT2D eigenvalue weighted by molar-refractivity contribution is 7.89. The van der Waals surface area contributed by atoms with Gasteiger partial charge in [0.1, 0.15) is 18.0 Å². The molecule has 1 aliphatic heterocycles. The van der Waals surface area contributed by atoms with E-state index in [9.17, 15) is 12.8 Å². The zero-order chi connectivity index (χ0) is 18.7. The van der Waals surface area contributed by atoms with Gasteiger partial charge in [-0.05, 0) is 37.1 Å². The number of halogens is 2. The number of pyridine rings is 1. The van der Waals surface area contributed by atoms with Gasteiger partial charge in [-0.3, -0.25) is 0 Å². The molecule has 1 aliphatic rings. The van der Waals surface area contributed by atoms with E-state index in [0.717, 1.165) is 6.07 Å². The van der Waals surface area contributed by atoms with E-state index < -0.39 is 15.8 Å². The van der Waals surface area contributed by atoms with Crippen molar-refractivity contribution in [1.29, 1.82) is 5.26 Å². The predicted octanol–water partition coefficient (Wildman–Crippen LogP) is 2.98. The van der Waals surface area contributed by atoms with Crippen molar-refractivity contribution in [3.63, 3.8) is 0 Å². The molecule has 136 valence electrons. The summed E-state index contributed by atoms with van der Waals surface area (Å²) in [7, 11) is -3.82. The van der Waals surface area contributed by atoms with Crippen molar-refractivity contribution in [1.82, 2.24) is 9.29 Å². The van der Waals surface area contributed by atoms with Crippen molar-refractivity contribution >= 4 is 21.6 Å². The van der Waals surface area contributed by atoms with E-state index in [1.165, 1.54) is 22.6 Å². The molecule has 0 amide bonds. The number of sulfonamides is 1. The zero-order valence-electron chi connectivity index (χ0n) is 13.6. The van der Waals surface area contributed by atoms with Gasteiger partial charge in [0.2, 0.25) is 15.9 Å². The summed E-state index contributed by atoms with van der Waals surface area (Å²) in [5.74, 6) is -0.412. The van der Waals surface area contributed by atoms with Crippen molar-refractivity contribution in [2.45, 2.75) is 23.8 Å². The van der Waals surface area contributed by atoms with E-state index in [2.05, 4.69) is 4.98 Å². The molecule has 1 aromatic heterocycles. The van der Waals surface area contributed by atoms with Crippen LogP contribution in [0.5, 0.6) is 5.88 Å². The van der Waals surface area contributed by atoms with Crippen LogP contribution in [0.3, 0.4) is 0 Å². The number of aromatic nitrogens is 1. The van der Waals surface area contributed by atoms with Gasteiger partial charge < -0.3 is 4.74 Å². The molecule has 0 aliphatic carbocycles. The second kappa shape index (κ2) is 7.58. The second-order valence-corrected chi connectivity index (χ2v) is 8.16. The lowest BCUT2D eigenvalue weighted by atomic mass is 10.1. The largest absolute Gasteiger partial charge is 0.474 e. The molecule has 0 unspecified atom stereocenters. The highest BCUT2D eigenvalue weighted by Crippen LogP contribution is 2.24. The summed E-state index contributed by atoms with van der Waals surface area (Å²) in [6, 6.07) is 8.30. The molecular weight excluding hydrogens is 381 g/mol. The minimum Gasteiger partial charge on any atom is -0.474 e. The van der Waals surface area contributed by atoms with E-state index in [1.54, 1.807) is 18.2 Å². The molecule has 0 radical (unpaired) electrons. The normalized spacial score (nSPS) is 16.2. The average molecular weight is 396 g/mol. The number of benzene rings is 1. The number of piperidine rings is 1. The van der Waals surface area contributed by atoms with Crippen LogP contribution in [-0.2, 0) is 10.0 Å². The summed E-state index contributed by atoms with van der Waals surface area (Å²) in [6.45, 7) is 0.504. The fraction of sp³-hybridized carbons (Fsp3) is 0.294. The fourth-order valence-corrected chi connectivity index (χ4v) is 4.28. The van der Waals surface area contributed by atoms with E-state index in [4.69, 9.17) is 21.6 Å². The third kappa shape index (κ3) is 3.96. The highest BCUT2D eigenvalue weighted by atomic mass is 35.5. The third-order valence-corrected chi connectivity index (χ3v) is 6.21. The second-order valence-electron chi connectivity index (χ2n) is 5.79. The van der Waals surface area contributed by atoms with Crippen molar-refractivity contribution in [3.05, 3.63) is 52.9 Å². The van der Waals surface area contributed by atoms with Crippen molar-refractivity contribution in [3.8, 4) is 11.9 Å². The Kier molecular flexibility index (Phi) is 5.41. The lowest BCUT2D eigenvalue weighted by molar-refractivity contribution is 0.130. The Morgan fingerprint density at radius 3 is 2.58 bits per heavy atom. The first-order chi connectivity index (χ1) is 12.4. The number of nitriles is 1. The number of rotatable bonds is 4. The maximum absolute atomic E-state index is 13.7. The van der Waals surface area contributed by atoms with Gasteiger partial charge in [-0.15, -0.1) is 0 Å². The Bertz CT molecular complexity index is 937. The highest BCUT2D eigenvalue weighted by Gasteiger charge is 2.30. The molecule has 1 saturated heterocycles. The van der Waals surface area contributed by atoms with Gasteiger partial charge in [-0.2, -0.15) is 9.57 Å². The number of nitrogens with zero attached hydrogens (tertiary/aromatic N) is 3. The van der Waals surface area contributed by atoms with E-state index in [0.29, 0.717) is 23.7 Å². The van der Waals surface area contributed by atoms with Crippen molar-refractivity contribution in [2.24, 2.45) is 0 Å². The lowest BCUT2D eigenvalue weighted by Crippen LogP contribution is -2.41. The molecule has 9 heteroatoms. The van der Waals surface area contributed by atoms with Gasteiger partial charge in [0.15, 0.2) is 0 Å². The van der Waals surface area contributed by atoms with E-state index in [1.807, 2.05) is 0 Å². The van der Waals surface area contributed by atoms with E-state index in [-0.39, 0.29) is 29.7 Å². The molecule has 0 saturated carbocycles. The van der Waals surface area contributed by atoms with Crippen LogP contribution in [0.1, 0.15) is 18.4 Å². The third-order valence-electron chi connectivity index (χ3n) is 4.09. The van der Waals surface area contributed by atoms with Gasteiger partial charge >= 0.3 is 0 Å². The van der Waals surface area contributed by atoms with Crippen LogP contribution in [0.2, 0.25) is 5.02 Å². The van der Waals surface area contributed by atoms with Gasteiger partial charge in [0.25, 0.3) is 0 Å². The Morgan fingerprint density at radius 2 is 2.00 bits per heavy atom. The maximum atomic E-state index is 13.7. The van der Waals surface area contributed by atoms with Crippen LogP contribution in [0.4, 0.5) is 4.39 Å². The van der Waals surface area contributed by atoms with Crippen LogP contribution < -0.4 is 4.74 Å². The molecule has 6 nitrogen and oxygen atoms in total. The molecule has 0 bridgehead atoms. The fourth-order valence-electron chi connectivity index (χ4n) is 2.69. The summed E-state index contributed by atoms with van der Waals surface area (Å²) < 4.78 is 46.1. The first-order valence-electron chi connectivity index (χ1n) is 7.88. The average Bonchev–Trinajstić information content (AvgIpc) is 2.64. The van der Waals surface area contributed by atoms with Gasteiger partial charge in [0.05, 0.1) is 15.5 Å². The standard InChI is InChI=1S/C17H15ClFN3O3S/c18-13-2-4-17(21-11-13)25-14-5-7-22(8-6-14)26(23,24)15-3-1-12(10-20)16(19)9-15/h1-4,9,11,14H,5-8H2. The topological polar surface area (TPSA) is 83.3 Å². The Hall–Kier alpha value is -2.21. The van der Waals surface area contributed by atoms with Crippen LogP contribution in [0.15, 0.2) is 41.4 Å². The molecule has 2 aromatic rings. The predicted molar refractivity (Wildman–Crippen MR) is 92.8 cm³/mol. The molecule has 1 fully saturated rings. The minimum absolute atomic E-state index is 0.159. The SMILES string of the molecule is N#Cc1ccc(S(=O)(=O)N2CCC(Oc3ccc(Cl)cn3)CC2)cc1F. The van der Waals surface area contributed by atoms with Gasteiger partial charge in [-0.1, -0.05) is 11.6 Å². The van der Waals surface area contributed by atoms with Crippen LogP contribution in [0.25, 0.3) is 0 Å². The molecule has 1 aromatic carbocycles. The minimum atomic E-state index is -3.82. The smallest absolute Gasteiger partial charge is 0.243 e. The Labute approximate surface area is 155 Å². The van der Waals surface area contributed by atoms with Crippen LogP contribution >= 0.6 is 11.6 Å². The van der Waals surface area contributed by atoms with Crippen molar-refractivity contribution in [2.75, 3.05) is 13.1 Å². The molecule has 3 rings (SSSR count). The molecule has 0 spiro atoms. The summed E-state index contributed by atoms with van der Waals surface area (Å²) in [5.41, 5.74) is -0.188. The van der Waals surface area contributed by atoms with Crippen LogP contribution in [-0.4, -0.2) is 36.9 Å². The Morgan fingerprint density at radius 1 is 1.27 bits per heavy atom. The molecular formula is C17H15ClFN3O3S. The van der Waals surface area contributed by atoms with Gasteiger partial charge in [-0.25, -0.2) is 17.8 Å². The van der Waals surface area contributed by atoms with E-state index >= 15 is 0 Å². The quantitative estimate of drug-likeness (QED) is 0.794. The van der Waals surface area contributed by atoms with Gasteiger partial charge in [0, 0.05) is 25.4 Å². The summed E-state index contributed by atoms with van der Waals surface area (Å²) in [6.07, 6.45) is 2.30. The first kappa shape index (κ1) is 18.6. The number of hydrogen-bond donors (Lipinski definition) is 0. The molecule has 0 N–H and O–H groups in total. The summed E-state index contributed by atoms with van der Waals surface area (Å²) in [5, 5.41) is 9.26. The maximum Gasteiger partial charge on any atom is 0.243 e. The number of ether oxygens (including phenoxy) is 1. The first-order valence-corrected chi connectivity index (χ1v) is 9.70. The van der Waals surface area contributed by atoms with Crippen molar-refractivity contribution < 1.29 is 17.5 Å². The molecule has 26 heavy (non-hydrogen) atoms. The summed E-state index contributed by atoms with van der Waals surface area (Å²) >= 11 is 5.78. The molecule has 0 atom stereocenters. The monoisotopic (exact) mass is 395 g/mol. The van der Waals surface area contributed by atoms with Crippen LogP contribution in [0, 0.1) is 17.1 Å². The number of hydrogen-bond acceptors (Lipinski definition) is 5. The zero-order valence-corrected chi connectivity index (χ0v) is 15.2. The Balaban J connectivity index is 1.66.